The highest BCUT2D eigenvalue weighted by Crippen LogP contribution is 2.45. The van der Waals surface area contributed by atoms with Crippen LogP contribution in [0.2, 0.25) is 0 Å². The predicted octanol–water partition coefficient (Wildman–Crippen LogP) is 9.54. The molecule has 0 bridgehead atoms. The van der Waals surface area contributed by atoms with Crippen LogP contribution in [0.1, 0.15) is 17.5 Å². The van der Waals surface area contributed by atoms with Crippen LogP contribution in [0, 0.1) is 0 Å². The monoisotopic (exact) mass is 529 g/mol. The van der Waals surface area contributed by atoms with E-state index >= 15 is 0 Å². The van der Waals surface area contributed by atoms with Gasteiger partial charge in [0.2, 0.25) is 0 Å². The van der Waals surface area contributed by atoms with Gasteiger partial charge in [0.25, 0.3) is 0 Å². The first-order valence-corrected chi connectivity index (χ1v) is 13.9. The number of hydrogen-bond acceptors (Lipinski definition) is 4. The van der Waals surface area contributed by atoms with E-state index < -0.39 is 0 Å². The third-order valence-electron chi connectivity index (χ3n) is 8.08. The Labute approximate surface area is 238 Å². The lowest BCUT2D eigenvalue weighted by Gasteiger charge is -2.35. The normalized spacial score (nSPS) is 14.8. The fourth-order valence-electron chi connectivity index (χ4n) is 6.03. The van der Waals surface area contributed by atoms with Crippen molar-refractivity contribution in [3.05, 3.63) is 145 Å². The number of furan rings is 1. The zero-order valence-electron chi connectivity index (χ0n) is 22.6. The molecule has 0 spiro atoms. The van der Waals surface area contributed by atoms with Gasteiger partial charge in [-0.1, -0.05) is 109 Å². The number of nitrogens with zero attached hydrogens (tertiary/aromatic N) is 2. The quantitative estimate of drug-likeness (QED) is 0.247. The van der Waals surface area contributed by atoms with Crippen LogP contribution in [-0.2, 0) is 0 Å². The van der Waals surface area contributed by atoms with Crippen LogP contribution in [-0.4, -0.2) is 17.8 Å². The first kappa shape index (κ1) is 23.5. The Morgan fingerprint density at radius 1 is 0.634 bits per heavy atom. The molecule has 1 aromatic heterocycles. The van der Waals surface area contributed by atoms with E-state index in [9.17, 15) is 0 Å². The third kappa shape index (κ3) is 3.87. The molecule has 1 atom stereocenters. The largest absolute Gasteiger partial charge is 0.454 e. The number of fused-ring (bicyclic) bond motifs is 5. The average Bonchev–Trinajstić information content (AvgIpc) is 3.40. The highest BCUT2D eigenvalue weighted by molar-refractivity contribution is 6.13. The summed E-state index contributed by atoms with van der Waals surface area (Å²) >= 11 is 0. The number of nitrogens with one attached hydrogen (secondary N) is 1. The molecule has 1 aliphatic rings. The Bertz CT molecular complexity index is 2100. The number of anilines is 1. The van der Waals surface area contributed by atoms with Crippen LogP contribution in [0.3, 0.4) is 0 Å². The van der Waals surface area contributed by atoms with Crippen molar-refractivity contribution in [1.29, 1.82) is 0 Å². The second-order valence-corrected chi connectivity index (χ2v) is 10.5. The lowest BCUT2D eigenvalue weighted by molar-refractivity contribution is 0.348. The van der Waals surface area contributed by atoms with Crippen LogP contribution in [0.15, 0.2) is 143 Å². The minimum absolute atomic E-state index is 0.285. The van der Waals surface area contributed by atoms with Crippen molar-refractivity contribution in [1.82, 2.24) is 4.90 Å². The summed E-state index contributed by atoms with van der Waals surface area (Å²) in [7, 11) is 2.09. The van der Waals surface area contributed by atoms with E-state index in [2.05, 4.69) is 133 Å². The van der Waals surface area contributed by atoms with Gasteiger partial charge in [0, 0.05) is 29.2 Å². The molecule has 41 heavy (non-hydrogen) atoms. The maximum absolute atomic E-state index is 6.54. The van der Waals surface area contributed by atoms with Gasteiger partial charge in [-0.2, -0.15) is 0 Å². The average molecular weight is 530 g/mol. The molecule has 0 amide bonds. The van der Waals surface area contributed by atoms with E-state index in [0.29, 0.717) is 0 Å². The molecule has 4 heteroatoms. The first-order valence-electron chi connectivity index (χ1n) is 13.9. The van der Waals surface area contributed by atoms with Crippen molar-refractivity contribution < 1.29 is 4.42 Å². The molecular formula is C37H27N3O. The number of para-hydroxylation sites is 1. The molecule has 2 heterocycles. The zero-order chi connectivity index (χ0) is 27.3. The molecule has 1 unspecified atom stereocenters. The smallest absolute Gasteiger partial charge is 0.173 e. The van der Waals surface area contributed by atoms with Crippen molar-refractivity contribution in [3.8, 4) is 11.1 Å². The summed E-state index contributed by atoms with van der Waals surface area (Å²) in [5.74, 6) is 1.71. The van der Waals surface area contributed by atoms with Crippen LogP contribution < -0.4 is 5.32 Å². The summed E-state index contributed by atoms with van der Waals surface area (Å²) in [5.41, 5.74) is 6.15. The first-order chi connectivity index (χ1) is 20.2. The van der Waals surface area contributed by atoms with Crippen molar-refractivity contribution in [2.24, 2.45) is 4.99 Å². The van der Waals surface area contributed by atoms with Crippen LogP contribution in [0.5, 0.6) is 0 Å². The molecule has 0 aliphatic carbocycles. The number of rotatable bonds is 4. The standard InChI is InChI=1S/C37H27N3O/c1-40-36(29-20-11-17-24-14-7-8-18-28(24)29)39-34-30-19-9-10-21-33(30)41-35(34)37(40)38-32-23-27-16-6-5-15-26(27)22-31(32)25-12-3-2-4-13-25/h2-23,37-38H,1H3. The van der Waals surface area contributed by atoms with Crippen LogP contribution >= 0.6 is 0 Å². The number of amidine groups is 1. The van der Waals surface area contributed by atoms with Gasteiger partial charge in [0.1, 0.15) is 17.1 Å². The van der Waals surface area contributed by atoms with Gasteiger partial charge >= 0.3 is 0 Å². The number of hydrogen-bond donors (Lipinski definition) is 1. The minimum Gasteiger partial charge on any atom is -0.454 e. The lowest BCUT2D eigenvalue weighted by atomic mass is 9.98. The van der Waals surface area contributed by atoms with Gasteiger partial charge < -0.3 is 14.6 Å². The van der Waals surface area contributed by atoms with Gasteiger partial charge in [0.05, 0.1) is 0 Å². The summed E-state index contributed by atoms with van der Waals surface area (Å²) in [6, 6.07) is 46.7. The van der Waals surface area contributed by atoms with Gasteiger partial charge in [-0.15, -0.1) is 0 Å². The van der Waals surface area contributed by atoms with Gasteiger partial charge in [0.15, 0.2) is 11.9 Å². The molecule has 1 aliphatic heterocycles. The molecular weight excluding hydrogens is 502 g/mol. The third-order valence-corrected chi connectivity index (χ3v) is 8.08. The molecule has 0 saturated heterocycles. The van der Waals surface area contributed by atoms with Crippen LogP contribution in [0.4, 0.5) is 11.4 Å². The van der Waals surface area contributed by atoms with E-state index in [-0.39, 0.29) is 6.17 Å². The fourth-order valence-corrected chi connectivity index (χ4v) is 6.03. The highest BCUT2D eigenvalue weighted by Gasteiger charge is 2.34. The molecule has 7 aromatic rings. The molecule has 0 fully saturated rings. The summed E-state index contributed by atoms with van der Waals surface area (Å²) in [4.78, 5) is 7.47. The van der Waals surface area contributed by atoms with Crippen LogP contribution in [0.25, 0.3) is 43.6 Å². The maximum atomic E-state index is 6.54. The summed E-state index contributed by atoms with van der Waals surface area (Å²) in [6.45, 7) is 0. The second kappa shape index (κ2) is 9.39. The Balaban J connectivity index is 1.34. The molecule has 6 aromatic carbocycles. The Morgan fingerprint density at radius 2 is 1.29 bits per heavy atom. The van der Waals surface area contributed by atoms with Crippen molar-refractivity contribution in [2.45, 2.75) is 6.17 Å². The Morgan fingerprint density at radius 3 is 2.12 bits per heavy atom. The Kier molecular flexibility index (Phi) is 5.39. The van der Waals surface area contributed by atoms with E-state index in [1.807, 2.05) is 18.2 Å². The maximum Gasteiger partial charge on any atom is 0.173 e. The Hall–Kier alpha value is -5.35. The fraction of sp³-hybridized carbons (Fsp3) is 0.0541. The second-order valence-electron chi connectivity index (χ2n) is 10.5. The van der Waals surface area contributed by atoms with Gasteiger partial charge in [-0.3, -0.25) is 0 Å². The highest BCUT2D eigenvalue weighted by atomic mass is 16.3. The molecule has 8 rings (SSSR count). The number of aliphatic imine (C=N–C) groups is 1. The predicted molar refractivity (Wildman–Crippen MR) is 170 cm³/mol. The van der Waals surface area contributed by atoms with E-state index in [1.54, 1.807) is 0 Å². The van der Waals surface area contributed by atoms with E-state index in [4.69, 9.17) is 9.41 Å². The molecule has 0 radical (unpaired) electrons. The minimum atomic E-state index is -0.285. The molecule has 1 N–H and O–H groups in total. The summed E-state index contributed by atoms with van der Waals surface area (Å²) < 4.78 is 6.54. The SMILES string of the molecule is CN1C(c2cccc3ccccc23)=Nc2c(oc3ccccc23)C1Nc1cc2ccccc2cc1-c1ccccc1. The summed E-state index contributed by atoms with van der Waals surface area (Å²) in [5, 5.41) is 9.67. The van der Waals surface area contributed by atoms with Crippen molar-refractivity contribution in [2.75, 3.05) is 12.4 Å². The zero-order valence-corrected chi connectivity index (χ0v) is 22.6. The molecule has 4 nitrogen and oxygen atoms in total. The topological polar surface area (TPSA) is 40.8 Å². The lowest BCUT2D eigenvalue weighted by Crippen LogP contribution is -2.38. The van der Waals surface area contributed by atoms with Crippen molar-refractivity contribution in [3.63, 3.8) is 0 Å². The molecule has 0 saturated carbocycles. The number of benzene rings is 6. The van der Waals surface area contributed by atoms with Gasteiger partial charge in [-0.25, -0.2) is 4.99 Å². The van der Waals surface area contributed by atoms with Crippen molar-refractivity contribution >= 4 is 49.7 Å². The molecule has 196 valence electrons. The van der Waals surface area contributed by atoms with Gasteiger partial charge in [-0.05, 0) is 51.4 Å². The van der Waals surface area contributed by atoms with E-state index in [0.717, 1.165) is 50.6 Å². The van der Waals surface area contributed by atoms with E-state index in [1.165, 1.54) is 21.5 Å². The summed E-state index contributed by atoms with van der Waals surface area (Å²) in [6.07, 6.45) is -0.285.